The van der Waals surface area contributed by atoms with E-state index in [0.717, 1.165) is 9.13 Å². The molecule has 0 saturated heterocycles. The Hall–Kier alpha value is -0.660. The number of aliphatic hydroxyl groups excluding tert-OH is 1. The van der Waals surface area contributed by atoms with Crippen LogP contribution in [0.5, 0.6) is 0 Å². The number of benzene rings is 1. The molecule has 0 saturated carbocycles. The van der Waals surface area contributed by atoms with Gasteiger partial charge in [0.25, 0.3) is 0 Å². The van der Waals surface area contributed by atoms with Crippen molar-refractivity contribution in [1.82, 2.24) is 0 Å². The number of carbonyl (C=O) groups is 1. The molecule has 3 N–H and O–H groups in total. The van der Waals surface area contributed by atoms with Crippen molar-refractivity contribution in [1.29, 1.82) is 0 Å². The quantitative estimate of drug-likeness (QED) is 0.684. The lowest BCUT2D eigenvalue weighted by molar-refractivity contribution is -0.129. The number of halogens is 1. The summed E-state index contributed by atoms with van der Waals surface area (Å²) in [6.07, 6.45) is 0.782. The molecule has 0 fully saturated rings. The summed E-state index contributed by atoms with van der Waals surface area (Å²) in [7, 11) is 0. The van der Waals surface area contributed by atoms with E-state index >= 15 is 0 Å². The van der Waals surface area contributed by atoms with E-state index in [1.165, 1.54) is 0 Å². The average molecular weight is 377 g/mol. The van der Waals surface area contributed by atoms with Gasteiger partial charge in [-0.3, -0.25) is 4.79 Å². The fourth-order valence-corrected chi connectivity index (χ4v) is 2.22. The number of hydrogen-bond donors (Lipinski definition) is 2. The number of amides is 1. The van der Waals surface area contributed by atoms with Gasteiger partial charge < -0.3 is 15.6 Å². The Kier molecular flexibility index (Phi) is 7.33. The second kappa shape index (κ2) is 8.50. The van der Waals surface area contributed by atoms with Crippen LogP contribution in [0.4, 0.5) is 0 Å². The minimum absolute atomic E-state index is 0.439. The summed E-state index contributed by atoms with van der Waals surface area (Å²) in [5, 5.41) is 10.0. The lowest BCUT2D eigenvalue weighted by Gasteiger charge is -2.15. The molecule has 4 nitrogen and oxygen atoms in total. The first-order valence-electron chi connectivity index (χ1n) is 6.39. The van der Waals surface area contributed by atoms with E-state index < -0.39 is 18.1 Å². The zero-order chi connectivity index (χ0) is 14.3. The van der Waals surface area contributed by atoms with E-state index in [9.17, 15) is 9.90 Å². The number of aliphatic hydroxyl groups is 1. The lowest BCUT2D eigenvalue weighted by atomic mass is 10.0. The van der Waals surface area contributed by atoms with Crippen molar-refractivity contribution < 1.29 is 14.6 Å². The maximum atomic E-state index is 11.1. The minimum atomic E-state index is -0.547. The first-order chi connectivity index (χ1) is 9.04. The van der Waals surface area contributed by atoms with E-state index in [4.69, 9.17) is 10.5 Å². The van der Waals surface area contributed by atoms with Crippen molar-refractivity contribution in [2.75, 3.05) is 6.61 Å². The molecule has 0 aliphatic carbocycles. The van der Waals surface area contributed by atoms with Crippen LogP contribution in [0, 0.1) is 3.57 Å². The number of primary amides is 1. The second-order valence-electron chi connectivity index (χ2n) is 4.34. The van der Waals surface area contributed by atoms with Crippen molar-refractivity contribution in [3.8, 4) is 0 Å². The lowest BCUT2D eigenvalue weighted by Crippen LogP contribution is -2.31. The predicted octanol–water partition coefficient (Wildman–Crippen LogP) is 2.39. The van der Waals surface area contributed by atoms with Crippen LogP contribution in [0.3, 0.4) is 0 Å². The Balaban J connectivity index is 2.39. The molecule has 1 aromatic carbocycles. The maximum absolute atomic E-state index is 11.1. The normalized spacial score (nSPS) is 14.1. The number of hydrogen-bond acceptors (Lipinski definition) is 3. The van der Waals surface area contributed by atoms with Crippen molar-refractivity contribution in [2.45, 2.75) is 38.4 Å². The van der Waals surface area contributed by atoms with Crippen molar-refractivity contribution in [3.63, 3.8) is 0 Å². The zero-order valence-electron chi connectivity index (χ0n) is 11.0. The summed E-state index contributed by atoms with van der Waals surface area (Å²) in [6, 6.07) is 7.76. The Bertz CT molecular complexity index is 394. The maximum Gasteiger partial charge on any atom is 0.246 e. The molecule has 0 heterocycles. The highest BCUT2D eigenvalue weighted by Crippen LogP contribution is 2.21. The predicted molar refractivity (Wildman–Crippen MR) is 82.6 cm³/mol. The van der Waals surface area contributed by atoms with Crippen LogP contribution in [-0.4, -0.2) is 23.7 Å². The van der Waals surface area contributed by atoms with Crippen molar-refractivity contribution >= 4 is 28.5 Å². The van der Waals surface area contributed by atoms with E-state index in [1.54, 1.807) is 0 Å². The van der Waals surface area contributed by atoms with Gasteiger partial charge in [-0.25, -0.2) is 0 Å². The van der Waals surface area contributed by atoms with Gasteiger partial charge in [-0.1, -0.05) is 12.1 Å². The van der Waals surface area contributed by atoms with Crippen LogP contribution in [0.1, 0.15) is 37.9 Å². The molecule has 1 rings (SSSR count). The van der Waals surface area contributed by atoms with Crippen molar-refractivity contribution in [2.24, 2.45) is 5.73 Å². The highest BCUT2D eigenvalue weighted by atomic mass is 127. The molecule has 1 amide bonds. The second-order valence-corrected chi connectivity index (χ2v) is 5.59. The van der Waals surface area contributed by atoms with Gasteiger partial charge in [-0.15, -0.1) is 0 Å². The molecule has 0 aliphatic heterocycles. The summed E-state index contributed by atoms with van der Waals surface area (Å²) in [5.41, 5.74) is 6.14. The Morgan fingerprint density at radius 1 is 1.37 bits per heavy atom. The van der Waals surface area contributed by atoms with Crippen LogP contribution in [0.15, 0.2) is 24.3 Å². The number of rotatable bonds is 8. The van der Waals surface area contributed by atoms with Gasteiger partial charge in [0, 0.05) is 10.2 Å². The monoisotopic (exact) mass is 377 g/mol. The molecule has 19 heavy (non-hydrogen) atoms. The Morgan fingerprint density at radius 3 is 2.53 bits per heavy atom. The summed E-state index contributed by atoms with van der Waals surface area (Å²) >= 11 is 2.22. The smallest absolute Gasteiger partial charge is 0.246 e. The van der Waals surface area contributed by atoms with Gasteiger partial charge in [0.15, 0.2) is 0 Å². The molecule has 1 aromatic rings. The van der Waals surface area contributed by atoms with Gasteiger partial charge in [-0.05, 0) is 66.5 Å². The van der Waals surface area contributed by atoms with Gasteiger partial charge in [-0.2, -0.15) is 0 Å². The molecular weight excluding hydrogens is 357 g/mol. The topological polar surface area (TPSA) is 72.6 Å². The Labute approximate surface area is 127 Å². The minimum Gasteiger partial charge on any atom is -0.388 e. The third kappa shape index (κ3) is 5.88. The fraction of sp³-hybridized carbons (Fsp3) is 0.500. The molecule has 0 radical (unpaired) electrons. The average Bonchev–Trinajstić information content (AvgIpc) is 2.38. The van der Waals surface area contributed by atoms with Crippen LogP contribution >= 0.6 is 22.6 Å². The number of nitrogens with two attached hydrogens (primary N) is 1. The molecule has 0 aliphatic rings. The first-order valence-corrected chi connectivity index (χ1v) is 7.47. The van der Waals surface area contributed by atoms with Gasteiger partial charge in [0.1, 0.15) is 6.10 Å². The van der Waals surface area contributed by atoms with Crippen LogP contribution in [-0.2, 0) is 9.53 Å². The summed E-state index contributed by atoms with van der Waals surface area (Å²) in [6.45, 7) is 2.30. The molecule has 0 bridgehead atoms. The van der Waals surface area contributed by atoms with Gasteiger partial charge >= 0.3 is 0 Å². The molecule has 0 aromatic heterocycles. The third-order valence-electron chi connectivity index (χ3n) is 2.88. The molecule has 0 spiro atoms. The molecular formula is C14H20INO3. The zero-order valence-corrected chi connectivity index (χ0v) is 13.2. The van der Waals surface area contributed by atoms with Crippen LogP contribution in [0.2, 0.25) is 0 Å². The summed E-state index contributed by atoms with van der Waals surface area (Å²) < 4.78 is 6.39. The molecule has 2 unspecified atom stereocenters. The highest BCUT2D eigenvalue weighted by molar-refractivity contribution is 14.1. The van der Waals surface area contributed by atoms with Crippen LogP contribution in [0.25, 0.3) is 0 Å². The van der Waals surface area contributed by atoms with Gasteiger partial charge in [0.05, 0.1) is 6.10 Å². The van der Waals surface area contributed by atoms with Gasteiger partial charge in [0.2, 0.25) is 5.91 Å². The molecule has 5 heteroatoms. The Morgan fingerprint density at radius 2 is 2.00 bits per heavy atom. The SMILES string of the molecule is CCOC(CCCC(O)c1ccc(I)cc1)C(N)=O. The number of carbonyl (C=O) groups excluding carboxylic acids is 1. The fourth-order valence-electron chi connectivity index (χ4n) is 1.86. The van der Waals surface area contributed by atoms with E-state index in [0.29, 0.717) is 25.9 Å². The van der Waals surface area contributed by atoms with Crippen molar-refractivity contribution in [3.05, 3.63) is 33.4 Å². The largest absolute Gasteiger partial charge is 0.388 e. The van der Waals surface area contributed by atoms with E-state index in [-0.39, 0.29) is 0 Å². The van der Waals surface area contributed by atoms with E-state index in [2.05, 4.69) is 22.6 Å². The molecule has 106 valence electrons. The molecule has 2 atom stereocenters. The highest BCUT2D eigenvalue weighted by Gasteiger charge is 2.16. The standard InChI is InChI=1S/C14H20INO3/c1-2-19-13(14(16)18)5-3-4-12(17)10-6-8-11(15)9-7-10/h6-9,12-13,17H,2-5H2,1H3,(H2,16,18). The third-order valence-corrected chi connectivity index (χ3v) is 3.60. The first kappa shape index (κ1) is 16.4. The summed E-state index contributed by atoms with van der Waals surface area (Å²) in [5.74, 6) is -0.439. The van der Waals surface area contributed by atoms with E-state index in [1.807, 2.05) is 31.2 Å². The summed E-state index contributed by atoms with van der Waals surface area (Å²) in [4.78, 5) is 11.1. The van der Waals surface area contributed by atoms with Crippen LogP contribution < -0.4 is 5.73 Å². The number of ether oxygens (including phenoxy) is 1.